The van der Waals surface area contributed by atoms with Gasteiger partial charge in [0.25, 0.3) is 5.56 Å². The van der Waals surface area contributed by atoms with Gasteiger partial charge in [-0.1, -0.05) is 18.2 Å². The Labute approximate surface area is 83.2 Å². The Bertz CT molecular complexity index is 668. The van der Waals surface area contributed by atoms with Crippen LogP contribution in [0.4, 0.5) is 0 Å². The normalized spacial score (nSPS) is 11.1. The molecule has 0 spiro atoms. The summed E-state index contributed by atoms with van der Waals surface area (Å²) in [4.78, 5) is 14.4. The van der Waals surface area contributed by atoms with Gasteiger partial charge in [-0.3, -0.25) is 4.79 Å². The van der Waals surface area contributed by atoms with E-state index < -0.39 is 0 Å². The third-order valence-corrected chi connectivity index (χ3v) is 3.04. The fraction of sp³-hybridized carbons (Fsp3) is 0. The molecule has 1 aromatic carbocycles. The molecule has 2 heterocycles. The number of rotatable bonds is 0. The van der Waals surface area contributed by atoms with Crippen LogP contribution in [0.5, 0.6) is 0 Å². The van der Waals surface area contributed by atoms with Gasteiger partial charge < -0.3 is 4.98 Å². The summed E-state index contributed by atoms with van der Waals surface area (Å²) in [5.74, 6) is 0. The van der Waals surface area contributed by atoms with Gasteiger partial charge >= 0.3 is 0 Å². The molecule has 0 aliphatic heterocycles. The Kier molecular flexibility index (Phi) is 1.46. The number of aromatic amines is 1. The Morgan fingerprint density at radius 2 is 2.07 bits per heavy atom. The summed E-state index contributed by atoms with van der Waals surface area (Å²) >= 11 is 1.24. The van der Waals surface area contributed by atoms with Gasteiger partial charge in [-0.15, -0.1) is 0 Å². The Morgan fingerprint density at radius 3 is 3.00 bits per heavy atom. The number of benzene rings is 1. The Balaban J connectivity index is 2.73. The van der Waals surface area contributed by atoms with Gasteiger partial charge in [0.05, 0.1) is 0 Å². The van der Waals surface area contributed by atoms with Crippen LogP contribution in [0, 0.1) is 0 Å². The van der Waals surface area contributed by atoms with E-state index in [0.29, 0.717) is 4.70 Å². The molecule has 0 amide bonds. The van der Waals surface area contributed by atoms with Crippen molar-refractivity contribution in [3.63, 3.8) is 0 Å². The van der Waals surface area contributed by atoms with Crippen LogP contribution in [0.15, 0.2) is 35.3 Å². The molecule has 3 aromatic rings. The second-order valence-corrected chi connectivity index (χ2v) is 3.87. The highest BCUT2D eigenvalue weighted by atomic mass is 32.1. The van der Waals surface area contributed by atoms with Gasteiger partial charge in [0.15, 0.2) is 0 Å². The quantitative estimate of drug-likeness (QED) is 0.607. The van der Waals surface area contributed by atoms with Crippen molar-refractivity contribution >= 4 is 32.5 Å². The monoisotopic (exact) mass is 202 g/mol. The number of para-hydroxylation sites is 1. The van der Waals surface area contributed by atoms with Gasteiger partial charge in [-0.25, -0.2) is 0 Å². The lowest BCUT2D eigenvalue weighted by atomic mass is 10.1. The molecule has 0 unspecified atom stereocenters. The summed E-state index contributed by atoms with van der Waals surface area (Å²) < 4.78 is 4.73. The minimum absolute atomic E-state index is 0.0544. The van der Waals surface area contributed by atoms with Crippen LogP contribution in [0.2, 0.25) is 0 Å². The smallest absolute Gasteiger partial charge is 0.268 e. The third kappa shape index (κ3) is 0.914. The summed E-state index contributed by atoms with van der Waals surface area (Å²) in [6, 6.07) is 7.75. The molecular formula is C10H6N2OS. The highest BCUT2D eigenvalue weighted by molar-refractivity contribution is 7.13. The van der Waals surface area contributed by atoms with Crippen LogP contribution >= 0.6 is 11.5 Å². The molecule has 0 aliphatic rings. The van der Waals surface area contributed by atoms with Crippen LogP contribution in [0.25, 0.3) is 21.0 Å². The second-order valence-electron chi connectivity index (χ2n) is 3.07. The van der Waals surface area contributed by atoms with Crippen LogP contribution in [0.1, 0.15) is 0 Å². The zero-order valence-electron chi connectivity index (χ0n) is 7.15. The number of hydrogen-bond acceptors (Lipinski definition) is 3. The average Bonchev–Trinajstić information content (AvgIpc) is 2.67. The van der Waals surface area contributed by atoms with E-state index in [2.05, 4.69) is 9.36 Å². The molecule has 0 fully saturated rings. The van der Waals surface area contributed by atoms with Crippen molar-refractivity contribution in [2.75, 3.05) is 0 Å². The van der Waals surface area contributed by atoms with Crippen LogP contribution in [-0.2, 0) is 0 Å². The van der Waals surface area contributed by atoms with Gasteiger partial charge in [0.1, 0.15) is 4.70 Å². The van der Waals surface area contributed by atoms with Gasteiger partial charge in [0.2, 0.25) is 0 Å². The summed E-state index contributed by atoms with van der Waals surface area (Å²) in [7, 11) is 0. The van der Waals surface area contributed by atoms with Crippen molar-refractivity contribution in [3.8, 4) is 0 Å². The molecule has 0 saturated carbocycles. The summed E-state index contributed by atoms with van der Waals surface area (Å²) in [6.45, 7) is 0. The van der Waals surface area contributed by atoms with E-state index in [1.165, 1.54) is 11.5 Å². The van der Waals surface area contributed by atoms with Crippen molar-refractivity contribution < 1.29 is 0 Å². The van der Waals surface area contributed by atoms with E-state index in [0.717, 1.165) is 16.3 Å². The van der Waals surface area contributed by atoms with Crippen LogP contribution < -0.4 is 5.56 Å². The van der Waals surface area contributed by atoms with Crippen LogP contribution in [-0.4, -0.2) is 9.36 Å². The minimum Gasteiger partial charge on any atom is -0.321 e. The Morgan fingerprint density at radius 1 is 1.21 bits per heavy atom. The van der Waals surface area contributed by atoms with Crippen molar-refractivity contribution in [3.05, 3.63) is 40.8 Å². The maximum absolute atomic E-state index is 11.6. The first-order valence-corrected chi connectivity index (χ1v) is 4.99. The first-order chi connectivity index (χ1) is 6.86. The topological polar surface area (TPSA) is 45.8 Å². The first-order valence-electron chi connectivity index (χ1n) is 4.22. The summed E-state index contributed by atoms with van der Waals surface area (Å²) in [5.41, 5.74) is 0.811. The fourth-order valence-corrected chi connectivity index (χ4v) is 2.26. The maximum atomic E-state index is 11.6. The summed E-state index contributed by atoms with van der Waals surface area (Å²) in [5, 5.41) is 1.99. The number of hydrogen-bond donors (Lipinski definition) is 1. The number of fused-ring (bicyclic) bond motifs is 3. The van der Waals surface area contributed by atoms with E-state index in [-0.39, 0.29) is 5.56 Å². The van der Waals surface area contributed by atoms with Crippen molar-refractivity contribution in [2.24, 2.45) is 0 Å². The standard InChI is InChI=1S/C10H6N2OS/c13-10-9-7(5-11-14-9)6-3-1-2-4-8(6)12-10/h1-5H,(H,12,13). The van der Waals surface area contributed by atoms with Crippen molar-refractivity contribution in [2.45, 2.75) is 0 Å². The van der Waals surface area contributed by atoms with Gasteiger partial charge in [-0.05, 0) is 17.6 Å². The number of nitrogens with one attached hydrogen (secondary N) is 1. The molecule has 68 valence electrons. The number of H-pyrrole nitrogens is 1. The minimum atomic E-state index is -0.0544. The molecule has 3 rings (SSSR count). The predicted octanol–water partition coefficient (Wildman–Crippen LogP) is 2.14. The molecule has 0 atom stereocenters. The van der Waals surface area contributed by atoms with Crippen molar-refractivity contribution in [1.82, 2.24) is 9.36 Å². The second kappa shape index (κ2) is 2.65. The van der Waals surface area contributed by atoms with Gasteiger partial charge in [-0.2, -0.15) is 4.37 Å². The zero-order chi connectivity index (χ0) is 9.54. The van der Waals surface area contributed by atoms with Gasteiger partial charge in [0, 0.05) is 22.5 Å². The molecule has 2 aromatic heterocycles. The van der Waals surface area contributed by atoms with E-state index in [9.17, 15) is 4.79 Å². The van der Waals surface area contributed by atoms with Crippen LogP contribution in [0.3, 0.4) is 0 Å². The molecule has 14 heavy (non-hydrogen) atoms. The average molecular weight is 202 g/mol. The molecular weight excluding hydrogens is 196 g/mol. The molecule has 3 nitrogen and oxygen atoms in total. The SMILES string of the molecule is O=c1[nH]c2ccccc2c2cnsc12. The van der Waals surface area contributed by atoms with E-state index in [4.69, 9.17) is 0 Å². The predicted molar refractivity (Wildman–Crippen MR) is 57.7 cm³/mol. The van der Waals surface area contributed by atoms with E-state index in [1.807, 2.05) is 24.3 Å². The van der Waals surface area contributed by atoms with E-state index in [1.54, 1.807) is 6.20 Å². The molecule has 0 aliphatic carbocycles. The lowest BCUT2D eigenvalue weighted by molar-refractivity contribution is 1.36. The molecule has 4 heteroatoms. The fourth-order valence-electron chi connectivity index (χ4n) is 1.60. The highest BCUT2D eigenvalue weighted by Crippen LogP contribution is 2.22. The number of nitrogens with zero attached hydrogens (tertiary/aromatic N) is 1. The number of pyridine rings is 1. The zero-order valence-corrected chi connectivity index (χ0v) is 7.97. The molecule has 0 bridgehead atoms. The lowest BCUT2D eigenvalue weighted by Gasteiger charge is -1.96. The highest BCUT2D eigenvalue weighted by Gasteiger charge is 2.05. The first kappa shape index (κ1) is 7.70. The molecule has 0 radical (unpaired) electrons. The molecule has 0 saturated heterocycles. The summed E-state index contributed by atoms with van der Waals surface area (Å²) in [6.07, 6.45) is 1.75. The lowest BCUT2D eigenvalue weighted by Crippen LogP contribution is -2.03. The maximum Gasteiger partial charge on any atom is 0.268 e. The molecule has 1 N–H and O–H groups in total. The third-order valence-electron chi connectivity index (χ3n) is 2.24. The largest absolute Gasteiger partial charge is 0.321 e. The van der Waals surface area contributed by atoms with Crippen molar-refractivity contribution in [1.29, 1.82) is 0 Å². The number of aromatic nitrogens is 2. The Hall–Kier alpha value is -1.68. The van der Waals surface area contributed by atoms with E-state index >= 15 is 0 Å².